The Morgan fingerprint density at radius 2 is 2.00 bits per heavy atom. The largest absolute Gasteiger partial charge is 0.339 e. The Morgan fingerprint density at radius 1 is 1.40 bits per heavy atom. The maximum absolute atomic E-state index is 12.5. The molecule has 20 heavy (non-hydrogen) atoms. The quantitative estimate of drug-likeness (QED) is 0.895. The number of primary sulfonamides is 1. The SMILES string of the molecule is Cc1c(C(=O)N(C)C2CCC2)cc(Br)cc1S(N)(=O)=O. The topological polar surface area (TPSA) is 80.5 Å². The third kappa shape index (κ3) is 2.89. The van der Waals surface area contributed by atoms with Gasteiger partial charge in [-0.05, 0) is 43.9 Å². The van der Waals surface area contributed by atoms with E-state index in [4.69, 9.17) is 5.14 Å². The molecule has 1 aliphatic carbocycles. The lowest BCUT2D eigenvalue weighted by molar-refractivity contribution is 0.0651. The lowest BCUT2D eigenvalue weighted by atomic mass is 9.91. The van der Waals surface area contributed by atoms with Crippen molar-refractivity contribution < 1.29 is 13.2 Å². The molecule has 0 saturated heterocycles. The molecule has 0 aromatic heterocycles. The molecule has 2 N–H and O–H groups in total. The van der Waals surface area contributed by atoms with E-state index < -0.39 is 10.0 Å². The van der Waals surface area contributed by atoms with Gasteiger partial charge >= 0.3 is 0 Å². The van der Waals surface area contributed by atoms with E-state index in [2.05, 4.69) is 15.9 Å². The first-order valence-corrected chi connectivity index (χ1v) is 8.66. The van der Waals surface area contributed by atoms with Gasteiger partial charge in [-0.25, -0.2) is 13.6 Å². The monoisotopic (exact) mass is 360 g/mol. The number of hydrogen-bond donors (Lipinski definition) is 1. The second kappa shape index (κ2) is 5.46. The summed E-state index contributed by atoms with van der Waals surface area (Å²) in [5.74, 6) is -0.168. The van der Waals surface area contributed by atoms with Gasteiger partial charge in [0.25, 0.3) is 5.91 Å². The van der Waals surface area contributed by atoms with Gasteiger partial charge in [0.1, 0.15) is 0 Å². The van der Waals surface area contributed by atoms with Crippen LogP contribution in [-0.4, -0.2) is 32.3 Å². The highest BCUT2D eigenvalue weighted by molar-refractivity contribution is 9.10. The molecule has 1 aromatic carbocycles. The Morgan fingerprint density at radius 3 is 2.45 bits per heavy atom. The van der Waals surface area contributed by atoms with Crippen LogP contribution in [-0.2, 0) is 10.0 Å². The van der Waals surface area contributed by atoms with Crippen LogP contribution in [0.3, 0.4) is 0 Å². The summed E-state index contributed by atoms with van der Waals surface area (Å²) in [5.41, 5.74) is 0.768. The summed E-state index contributed by atoms with van der Waals surface area (Å²) in [6.07, 6.45) is 3.12. The minimum Gasteiger partial charge on any atom is -0.339 e. The maximum Gasteiger partial charge on any atom is 0.254 e. The average molecular weight is 361 g/mol. The number of sulfonamides is 1. The third-order valence-corrected chi connectivity index (χ3v) is 5.30. The lowest BCUT2D eigenvalue weighted by Gasteiger charge is -2.35. The predicted octanol–water partition coefficient (Wildman–Crippen LogP) is 2.03. The van der Waals surface area contributed by atoms with E-state index in [0.29, 0.717) is 15.6 Å². The highest BCUT2D eigenvalue weighted by Gasteiger charge is 2.28. The normalized spacial score (nSPS) is 15.8. The van der Waals surface area contributed by atoms with Crippen LogP contribution in [0.5, 0.6) is 0 Å². The van der Waals surface area contributed by atoms with E-state index in [1.54, 1.807) is 24.9 Å². The molecule has 5 nitrogen and oxygen atoms in total. The fraction of sp³-hybridized carbons (Fsp3) is 0.462. The lowest BCUT2D eigenvalue weighted by Crippen LogP contribution is -2.41. The molecular weight excluding hydrogens is 344 g/mol. The van der Waals surface area contributed by atoms with E-state index in [-0.39, 0.29) is 16.8 Å². The van der Waals surface area contributed by atoms with Gasteiger partial charge in [0.05, 0.1) is 4.90 Å². The number of nitrogens with two attached hydrogens (primary N) is 1. The molecule has 0 atom stereocenters. The van der Waals surface area contributed by atoms with Crippen molar-refractivity contribution in [1.29, 1.82) is 0 Å². The number of rotatable bonds is 3. The van der Waals surface area contributed by atoms with Crippen LogP contribution in [0.2, 0.25) is 0 Å². The van der Waals surface area contributed by atoms with Crippen LogP contribution in [0.4, 0.5) is 0 Å². The van der Waals surface area contributed by atoms with Gasteiger partial charge in [0.2, 0.25) is 10.0 Å². The van der Waals surface area contributed by atoms with E-state index in [1.807, 2.05) is 0 Å². The minimum absolute atomic E-state index is 0.0164. The molecule has 0 unspecified atom stereocenters. The fourth-order valence-corrected chi connectivity index (χ4v) is 3.74. The second-order valence-electron chi connectivity index (χ2n) is 5.12. The Balaban J connectivity index is 2.46. The third-order valence-electron chi connectivity index (χ3n) is 3.80. The number of nitrogens with zero attached hydrogens (tertiary/aromatic N) is 1. The van der Waals surface area contributed by atoms with Gasteiger partial charge in [-0.3, -0.25) is 4.79 Å². The van der Waals surface area contributed by atoms with Crippen LogP contribution >= 0.6 is 15.9 Å². The van der Waals surface area contributed by atoms with Crippen molar-refractivity contribution in [2.75, 3.05) is 7.05 Å². The second-order valence-corrected chi connectivity index (χ2v) is 7.57. The zero-order valence-corrected chi connectivity index (χ0v) is 13.8. The molecule has 0 bridgehead atoms. The molecule has 110 valence electrons. The fourth-order valence-electron chi connectivity index (χ4n) is 2.30. The summed E-state index contributed by atoms with van der Waals surface area (Å²) >= 11 is 3.23. The Kier molecular flexibility index (Phi) is 4.22. The number of halogens is 1. The first-order valence-electron chi connectivity index (χ1n) is 6.32. The zero-order chi connectivity index (χ0) is 15.1. The van der Waals surface area contributed by atoms with Crippen LogP contribution in [0.1, 0.15) is 35.2 Å². The first-order chi connectivity index (χ1) is 9.21. The molecule has 1 saturated carbocycles. The van der Waals surface area contributed by atoms with Crippen LogP contribution in [0.15, 0.2) is 21.5 Å². The van der Waals surface area contributed by atoms with Crippen molar-refractivity contribution in [3.05, 3.63) is 27.7 Å². The molecule has 1 aliphatic rings. The Labute approximate surface area is 127 Å². The summed E-state index contributed by atoms with van der Waals surface area (Å²) in [6.45, 7) is 1.61. The highest BCUT2D eigenvalue weighted by atomic mass is 79.9. The number of carbonyl (C=O) groups is 1. The summed E-state index contributed by atoms with van der Waals surface area (Å²) in [7, 11) is -2.10. The number of benzene rings is 1. The standard InChI is InChI=1S/C13H17BrN2O3S/c1-8-11(13(17)16(2)10-4-3-5-10)6-9(14)7-12(8)20(15,18)19/h6-7,10H,3-5H2,1-2H3,(H2,15,18,19). The molecule has 0 radical (unpaired) electrons. The molecule has 0 spiro atoms. The molecule has 1 aromatic rings. The molecular formula is C13H17BrN2O3S. The highest BCUT2D eigenvalue weighted by Crippen LogP contribution is 2.28. The Hall–Kier alpha value is -0.920. The van der Waals surface area contributed by atoms with Gasteiger partial charge in [0, 0.05) is 23.1 Å². The van der Waals surface area contributed by atoms with Crippen LogP contribution in [0.25, 0.3) is 0 Å². The van der Waals surface area contributed by atoms with Gasteiger partial charge in [-0.2, -0.15) is 0 Å². The molecule has 7 heteroatoms. The van der Waals surface area contributed by atoms with Crippen molar-refractivity contribution in [1.82, 2.24) is 4.90 Å². The molecule has 1 amide bonds. The van der Waals surface area contributed by atoms with Crippen molar-refractivity contribution in [3.63, 3.8) is 0 Å². The van der Waals surface area contributed by atoms with E-state index in [1.165, 1.54) is 6.07 Å². The van der Waals surface area contributed by atoms with Crippen molar-refractivity contribution in [2.45, 2.75) is 37.1 Å². The molecule has 0 heterocycles. The average Bonchev–Trinajstić information content (AvgIpc) is 2.27. The molecule has 2 rings (SSSR count). The number of carbonyl (C=O) groups excluding carboxylic acids is 1. The smallest absolute Gasteiger partial charge is 0.254 e. The van der Waals surface area contributed by atoms with Crippen LogP contribution < -0.4 is 5.14 Å². The van der Waals surface area contributed by atoms with Crippen molar-refractivity contribution in [2.24, 2.45) is 5.14 Å². The summed E-state index contributed by atoms with van der Waals surface area (Å²) in [6, 6.07) is 3.31. The van der Waals surface area contributed by atoms with Gasteiger partial charge in [-0.15, -0.1) is 0 Å². The maximum atomic E-state index is 12.5. The summed E-state index contributed by atoms with van der Waals surface area (Å²) < 4.78 is 23.7. The molecule has 0 aliphatic heterocycles. The van der Waals surface area contributed by atoms with Crippen molar-refractivity contribution in [3.8, 4) is 0 Å². The number of hydrogen-bond acceptors (Lipinski definition) is 3. The zero-order valence-electron chi connectivity index (χ0n) is 11.4. The Bertz CT molecular complexity index is 654. The minimum atomic E-state index is -3.85. The first kappa shape index (κ1) is 15.5. The van der Waals surface area contributed by atoms with Gasteiger partial charge < -0.3 is 4.90 Å². The summed E-state index contributed by atoms with van der Waals surface area (Å²) in [4.78, 5) is 14.2. The van der Waals surface area contributed by atoms with E-state index in [0.717, 1.165) is 19.3 Å². The van der Waals surface area contributed by atoms with Crippen LogP contribution in [0, 0.1) is 6.92 Å². The van der Waals surface area contributed by atoms with E-state index in [9.17, 15) is 13.2 Å². The van der Waals surface area contributed by atoms with Gasteiger partial charge in [-0.1, -0.05) is 15.9 Å². The van der Waals surface area contributed by atoms with Crippen molar-refractivity contribution >= 4 is 31.9 Å². The summed E-state index contributed by atoms with van der Waals surface area (Å²) in [5, 5.41) is 5.20. The van der Waals surface area contributed by atoms with E-state index >= 15 is 0 Å². The van der Waals surface area contributed by atoms with Gasteiger partial charge in [0.15, 0.2) is 0 Å². The number of amides is 1. The molecule has 1 fully saturated rings. The predicted molar refractivity (Wildman–Crippen MR) is 80.0 cm³/mol.